The van der Waals surface area contributed by atoms with Crippen LogP contribution < -0.4 is 10.1 Å². The molecule has 0 bridgehead atoms. The van der Waals surface area contributed by atoms with Crippen LogP contribution in [0.4, 0.5) is 0 Å². The van der Waals surface area contributed by atoms with E-state index in [-0.39, 0.29) is 18.1 Å². The van der Waals surface area contributed by atoms with Crippen molar-refractivity contribution < 1.29 is 24.1 Å². The van der Waals surface area contributed by atoms with Crippen molar-refractivity contribution in [2.45, 2.75) is 44.1 Å². The molecule has 2 fully saturated rings. The summed E-state index contributed by atoms with van der Waals surface area (Å²) in [5.74, 6) is -1.71. The van der Waals surface area contributed by atoms with E-state index in [9.17, 15) is 4.79 Å². The summed E-state index contributed by atoms with van der Waals surface area (Å²) in [5, 5.41) is 12.7. The van der Waals surface area contributed by atoms with Crippen molar-refractivity contribution in [3.63, 3.8) is 0 Å². The van der Waals surface area contributed by atoms with Crippen molar-refractivity contribution in [2.24, 2.45) is 5.92 Å². The van der Waals surface area contributed by atoms with Crippen LogP contribution >= 0.6 is 0 Å². The first-order valence-corrected chi connectivity index (χ1v) is 10.4. The number of ether oxygens (including phenoxy) is 3. The lowest BCUT2D eigenvalue weighted by Gasteiger charge is -2.34. The van der Waals surface area contributed by atoms with Crippen molar-refractivity contribution in [3.05, 3.63) is 59.9 Å². The zero-order valence-electron chi connectivity index (χ0n) is 17.1. The summed E-state index contributed by atoms with van der Waals surface area (Å²) < 4.78 is 17.2. The van der Waals surface area contributed by atoms with Gasteiger partial charge in [-0.1, -0.05) is 18.2 Å². The molecule has 30 heavy (non-hydrogen) atoms. The molecule has 0 radical (unpaired) electrons. The van der Waals surface area contributed by atoms with Gasteiger partial charge in [0.1, 0.15) is 5.75 Å². The van der Waals surface area contributed by atoms with Gasteiger partial charge in [0.25, 0.3) is 5.79 Å². The molecule has 2 aliphatic heterocycles. The summed E-state index contributed by atoms with van der Waals surface area (Å²) in [5.41, 5.74) is 2.06. The van der Waals surface area contributed by atoms with E-state index in [1.54, 1.807) is 6.20 Å². The van der Waals surface area contributed by atoms with E-state index in [2.05, 4.69) is 10.3 Å². The summed E-state index contributed by atoms with van der Waals surface area (Å²) in [6.07, 6.45) is 4.63. The van der Waals surface area contributed by atoms with Gasteiger partial charge in [0.15, 0.2) is 6.10 Å². The molecule has 0 aliphatic carbocycles. The Bertz CT molecular complexity index is 828. The van der Waals surface area contributed by atoms with Crippen LogP contribution in [0.2, 0.25) is 0 Å². The van der Waals surface area contributed by atoms with Gasteiger partial charge in [-0.25, -0.2) is 4.79 Å². The maximum Gasteiger partial charge on any atom is 0.364 e. The van der Waals surface area contributed by atoms with Crippen LogP contribution in [0.15, 0.2) is 48.7 Å². The lowest BCUT2D eigenvalue weighted by atomic mass is 9.99. The number of hydrogen-bond donors (Lipinski definition) is 2. The maximum absolute atomic E-state index is 11.2. The molecular weight excluding hydrogens is 384 g/mol. The van der Waals surface area contributed by atoms with Crippen LogP contribution in [0, 0.1) is 5.92 Å². The number of carboxylic acids is 1. The second-order valence-electron chi connectivity index (χ2n) is 8.08. The third kappa shape index (κ3) is 4.80. The van der Waals surface area contributed by atoms with E-state index in [1.807, 2.05) is 42.5 Å². The monoisotopic (exact) mass is 412 g/mol. The van der Waals surface area contributed by atoms with Crippen molar-refractivity contribution in [1.29, 1.82) is 0 Å². The average Bonchev–Trinajstić information content (AvgIpc) is 3.30. The Labute approximate surface area is 176 Å². The van der Waals surface area contributed by atoms with Gasteiger partial charge in [0.2, 0.25) is 0 Å². The number of pyridine rings is 1. The fraction of sp³-hybridized carbons (Fsp3) is 0.478. The predicted octanol–water partition coefficient (Wildman–Crippen LogP) is 2.96. The molecule has 2 N–H and O–H groups in total. The van der Waals surface area contributed by atoms with Gasteiger partial charge < -0.3 is 24.6 Å². The quantitative estimate of drug-likeness (QED) is 0.723. The number of carbonyl (C=O) groups is 1. The van der Waals surface area contributed by atoms with Crippen LogP contribution in [-0.2, 0) is 20.7 Å². The summed E-state index contributed by atoms with van der Waals surface area (Å²) in [7, 11) is 0. The maximum atomic E-state index is 11.2. The molecule has 1 aromatic heterocycles. The Balaban J connectivity index is 1.37. The Morgan fingerprint density at radius 3 is 2.63 bits per heavy atom. The fourth-order valence-corrected chi connectivity index (χ4v) is 3.93. The van der Waals surface area contributed by atoms with Gasteiger partial charge in [-0.2, -0.15) is 0 Å². The number of nitrogens with zero attached hydrogens (tertiary/aromatic N) is 1. The van der Waals surface area contributed by atoms with Crippen LogP contribution in [0.3, 0.4) is 0 Å². The molecule has 1 aromatic carbocycles. The van der Waals surface area contributed by atoms with E-state index in [1.165, 1.54) is 6.92 Å². The number of aliphatic carboxylic acids is 1. The highest BCUT2D eigenvalue weighted by Gasteiger charge is 2.40. The third-order valence-electron chi connectivity index (χ3n) is 5.73. The van der Waals surface area contributed by atoms with Crippen LogP contribution in [0.1, 0.15) is 37.1 Å². The van der Waals surface area contributed by atoms with Crippen LogP contribution in [-0.4, -0.2) is 47.6 Å². The SMILES string of the molecule is C[C@]1(C(=O)O)OC[C@H](Cc2ccc(OC(c3ccccn3)C3CCCN3)cc2)CO1. The second-order valence-corrected chi connectivity index (χ2v) is 8.08. The first-order valence-electron chi connectivity index (χ1n) is 10.4. The zero-order valence-corrected chi connectivity index (χ0v) is 17.1. The number of aromatic nitrogens is 1. The largest absolute Gasteiger partial charge is 0.482 e. The smallest absolute Gasteiger partial charge is 0.364 e. The van der Waals surface area contributed by atoms with Crippen molar-refractivity contribution in [3.8, 4) is 5.75 Å². The Hall–Kier alpha value is -2.48. The van der Waals surface area contributed by atoms with E-state index in [4.69, 9.17) is 19.3 Å². The van der Waals surface area contributed by atoms with E-state index < -0.39 is 11.8 Å². The second kappa shape index (κ2) is 9.12. The Morgan fingerprint density at radius 1 is 1.27 bits per heavy atom. The molecular formula is C23H28N2O5. The Kier molecular flexibility index (Phi) is 6.32. The summed E-state index contributed by atoms with van der Waals surface area (Å²) >= 11 is 0. The number of rotatable bonds is 7. The molecule has 0 saturated carbocycles. The summed E-state index contributed by atoms with van der Waals surface area (Å²) in [4.78, 5) is 15.7. The third-order valence-corrected chi connectivity index (χ3v) is 5.73. The topological polar surface area (TPSA) is 89.9 Å². The van der Waals surface area contributed by atoms with Gasteiger partial charge in [-0.15, -0.1) is 0 Å². The van der Waals surface area contributed by atoms with Crippen LogP contribution in [0.25, 0.3) is 0 Å². The van der Waals surface area contributed by atoms with Gasteiger partial charge in [0, 0.05) is 25.1 Å². The molecule has 2 saturated heterocycles. The van der Waals surface area contributed by atoms with Crippen molar-refractivity contribution in [1.82, 2.24) is 10.3 Å². The first-order chi connectivity index (χ1) is 14.5. The molecule has 0 spiro atoms. The molecule has 3 heterocycles. The number of carboxylic acid groups (broad SMARTS) is 1. The van der Waals surface area contributed by atoms with Crippen LogP contribution in [0.5, 0.6) is 5.75 Å². The van der Waals surface area contributed by atoms with Gasteiger partial charge in [-0.3, -0.25) is 4.98 Å². The first kappa shape index (κ1) is 20.8. The highest BCUT2D eigenvalue weighted by molar-refractivity contribution is 5.75. The highest BCUT2D eigenvalue weighted by Crippen LogP contribution is 2.29. The van der Waals surface area contributed by atoms with Crippen molar-refractivity contribution >= 4 is 5.97 Å². The molecule has 7 heteroatoms. The molecule has 160 valence electrons. The highest BCUT2D eigenvalue weighted by atomic mass is 16.7. The Morgan fingerprint density at radius 2 is 2.03 bits per heavy atom. The molecule has 0 amide bonds. The van der Waals surface area contributed by atoms with Crippen molar-refractivity contribution in [2.75, 3.05) is 19.8 Å². The summed E-state index contributed by atoms with van der Waals surface area (Å²) in [6, 6.07) is 14.2. The summed E-state index contributed by atoms with van der Waals surface area (Å²) in [6.45, 7) is 3.16. The molecule has 2 atom stereocenters. The average molecular weight is 412 g/mol. The normalized spacial score (nSPS) is 27.5. The minimum atomic E-state index is -1.54. The van der Waals surface area contributed by atoms with E-state index >= 15 is 0 Å². The van der Waals surface area contributed by atoms with Gasteiger partial charge in [0.05, 0.1) is 18.9 Å². The lowest BCUT2D eigenvalue weighted by Crippen LogP contribution is -2.48. The van der Waals surface area contributed by atoms with Gasteiger partial charge >= 0.3 is 5.97 Å². The molecule has 2 aromatic rings. The van der Waals surface area contributed by atoms with E-state index in [0.29, 0.717) is 13.2 Å². The predicted molar refractivity (Wildman–Crippen MR) is 110 cm³/mol. The fourth-order valence-electron chi connectivity index (χ4n) is 3.93. The number of nitrogens with one attached hydrogen (secondary N) is 1. The minimum absolute atomic E-state index is 0.119. The van der Waals surface area contributed by atoms with Gasteiger partial charge in [-0.05, 0) is 55.6 Å². The lowest BCUT2D eigenvalue weighted by molar-refractivity contribution is -0.270. The molecule has 4 rings (SSSR count). The zero-order chi connectivity index (χ0) is 21.0. The minimum Gasteiger partial charge on any atom is -0.482 e. The number of benzene rings is 1. The number of hydrogen-bond acceptors (Lipinski definition) is 6. The molecule has 7 nitrogen and oxygen atoms in total. The standard InChI is InChI=1S/C23H28N2O5/c1-23(22(26)27)28-14-17(15-29-23)13-16-7-9-18(10-8-16)30-21(20-6-4-12-25-20)19-5-2-3-11-24-19/h2-3,5,7-11,17,20-21,25H,4,6,12-15H2,1H3,(H,26,27)/t17-,20?,21?,23-. The molecule has 2 aliphatic rings. The molecule has 2 unspecified atom stereocenters. The van der Waals surface area contributed by atoms with E-state index in [0.717, 1.165) is 42.8 Å².